The number of rotatable bonds is 34. The average Bonchev–Trinajstić information content (AvgIpc) is 0.861. The Balaban J connectivity index is 0.000000185. The molecule has 0 aliphatic rings. The maximum atomic E-state index is 13.2. The quantitative estimate of drug-likeness (QED) is 0.0319. The van der Waals surface area contributed by atoms with Crippen molar-refractivity contribution in [1.29, 1.82) is 0 Å². The van der Waals surface area contributed by atoms with E-state index >= 15 is 0 Å². The van der Waals surface area contributed by atoms with Crippen LogP contribution in [0.5, 0.6) is 17.2 Å². The number of carbonyl (C=O) groups excluding carboxylic acids is 3. The van der Waals surface area contributed by atoms with Crippen molar-refractivity contribution in [2.24, 2.45) is 0 Å². The van der Waals surface area contributed by atoms with Crippen LogP contribution < -0.4 is 50.4 Å². The SMILES string of the molecule is O=C([O-])CC(Cc1ccc(OCCCNc2ccccn2)cc1)c1ccc(-c2ccccc2)c(Cl)c1.O=C([O-])CC(Cc1ccc(OCCCNc2ccccn2)cc1)c1ccc(F)cc1.O=C([O-])CN(Cc1ccc(OCCCNc2ccccn2)cc1)c1ccc(F)cc1. The van der Waals surface area contributed by atoms with Crippen molar-refractivity contribution in [2.45, 2.75) is 63.3 Å². The molecule has 16 nitrogen and oxygen atoms in total. The van der Waals surface area contributed by atoms with Gasteiger partial charge in [0.25, 0.3) is 0 Å². The second-order valence-electron chi connectivity index (χ2n) is 22.3. The van der Waals surface area contributed by atoms with Gasteiger partial charge in [-0.1, -0.05) is 121 Å². The molecule has 10 rings (SSSR count). The molecule has 7 aromatic carbocycles. The highest BCUT2D eigenvalue weighted by atomic mass is 35.5. The van der Waals surface area contributed by atoms with E-state index in [0.717, 1.165) is 113 Å². The third-order valence-electron chi connectivity index (χ3n) is 15.0. The zero-order chi connectivity index (χ0) is 67.5. The molecule has 96 heavy (non-hydrogen) atoms. The summed E-state index contributed by atoms with van der Waals surface area (Å²) in [5.74, 6) is 0.170. The van der Waals surface area contributed by atoms with Gasteiger partial charge in [-0.3, -0.25) is 0 Å². The molecule has 0 radical (unpaired) electrons. The van der Waals surface area contributed by atoms with Gasteiger partial charge in [0.2, 0.25) is 0 Å². The Morgan fingerprint density at radius 2 is 0.844 bits per heavy atom. The maximum absolute atomic E-state index is 13.2. The van der Waals surface area contributed by atoms with Crippen LogP contribution in [0.3, 0.4) is 0 Å². The predicted molar refractivity (Wildman–Crippen MR) is 366 cm³/mol. The number of aromatic nitrogens is 3. The van der Waals surface area contributed by atoms with Crippen LogP contribution in [-0.4, -0.2) is 78.9 Å². The van der Waals surface area contributed by atoms with Crippen molar-refractivity contribution in [3.63, 3.8) is 0 Å². The summed E-state index contributed by atoms with van der Waals surface area (Å²) in [6, 6.07) is 67.4. The third-order valence-corrected chi connectivity index (χ3v) is 15.3. The number of carbonyl (C=O) groups is 3. The number of hydrogen-bond donors (Lipinski definition) is 3. The molecule has 3 heterocycles. The van der Waals surface area contributed by atoms with Gasteiger partial charge < -0.3 is 64.8 Å². The van der Waals surface area contributed by atoms with Crippen molar-refractivity contribution in [3.8, 4) is 28.4 Å². The van der Waals surface area contributed by atoms with Gasteiger partial charge in [0, 0.05) is 73.0 Å². The standard InChI is InChI=1S/C30H29ClN2O3.C24H25FN2O3.C23H24FN3O3/c31-28-20-24(12-15-27(28)23-7-2-1-3-8-23)25(21-30(34)35)19-22-10-13-26(14-11-22)36-18-6-17-33-29-9-4-5-16-32-29;25-21-9-7-19(8-10-21)20(17-24(28)29)16-18-5-11-22(12-6-18)30-15-3-14-27-23-4-1-2-13-26-23;24-19-7-9-20(10-8-19)27(17-23(28)29)16-18-5-11-21(12-6-18)30-15-3-14-26-22-4-1-2-13-25-22/h1-5,7-16,20,25H,6,17-19,21H2,(H,32,33)(H,34,35);1-2,4-13,20H,3,14-17H2,(H,26,27)(H,28,29);1-2,4-13H,3,14-17H2,(H,25,26)(H,28,29)/p-3. The van der Waals surface area contributed by atoms with Gasteiger partial charge in [-0.15, -0.1) is 0 Å². The Morgan fingerprint density at radius 1 is 0.448 bits per heavy atom. The van der Waals surface area contributed by atoms with Crippen molar-refractivity contribution < 1.29 is 52.7 Å². The molecule has 2 atom stereocenters. The summed E-state index contributed by atoms with van der Waals surface area (Å²) < 4.78 is 43.7. The van der Waals surface area contributed by atoms with E-state index in [4.69, 9.17) is 25.8 Å². The van der Waals surface area contributed by atoms with Gasteiger partial charge in [-0.25, -0.2) is 23.7 Å². The summed E-state index contributed by atoms with van der Waals surface area (Å²) >= 11 is 6.59. The van der Waals surface area contributed by atoms with Gasteiger partial charge >= 0.3 is 0 Å². The van der Waals surface area contributed by atoms with Crippen LogP contribution >= 0.6 is 11.6 Å². The minimum absolute atomic E-state index is 0.0808. The zero-order valence-electron chi connectivity index (χ0n) is 53.0. The molecule has 0 saturated heterocycles. The molecule has 3 aromatic heterocycles. The number of nitrogens with one attached hydrogen (secondary N) is 3. The van der Waals surface area contributed by atoms with E-state index in [2.05, 4.69) is 30.9 Å². The molecule has 0 aliphatic heterocycles. The first-order valence-corrected chi connectivity index (χ1v) is 32.0. The van der Waals surface area contributed by atoms with Crippen molar-refractivity contribution in [1.82, 2.24) is 15.0 Å². The molecule has 2 unspecified atom stereocenters. The minimum Gasteiger partial charge on any atom is -0.550 e. The number of anilines is 4. The normalized spacial score (nSPS) is 11.2. The van der Waals surface area contributed by atoms with Crippen LogP contribution in [0.4, 0.5) is 31.9 Å². The first kappa shape index (κ1) is 71.0. The lowest BCUT2D eigenvalue weighted by Gasteiger charge is -2.25. The number of carboxylic acids is 3. The lowest BCUT2D eigenvalue weighted by molar-refractivity contribution is -0.307. The second kappa shape index (κ2) is 39.0. The first-order valence-electron chi connectivity index (χ1n) is 31.6. The van der Waals surface area contributed by atoms with E-state index in [-0.39, 0.29) is 42.9 Å². The van der Waals surface area contributed by atoms with Crippen molar-refractivity contribution in [3.05, 3.63) is 288 Å². The highest BCUT2D eigenvalue weighted by molar-refractivity contribution is 6.33. The molecule has 0 spiro atoms. The lowest BCUT2D eigenvalue weighted by Crippen LogP contribution is -2.37. The van der Waals surface area contributed by atoms with E-state index < -0.39 is 17.9 Å². The van der Waals surface area contributed by atoms with E-state index in [1.54, 1.807) is 47.8 Å². The van der Waals surface area contributed by atoms with Crippen molar-refractivity contribution in [2.75, 3.05) is 66.8 Å². The Hall–Kier alpha value is -10.9. The molecule has 0 aliphatic carbocycles. The number of aliphatic carboxylic acids is 3. The summed E-state index contributed by atoms with van der Waals surface area (Å²) in [5.41, 5.74) is 7.12. The molecular weight excluding hydrogens is 1240 g/mol. The summed E-state index contributed by atoms with van der Waals surface area (Å²) in [5, 5.41) is 44.0. The Bertz CT molecular complexity index is 3740. The van der Waals surface area contributed by atoms with Gasteiger partial charge in [-0.2, -0.15) is 0 Å². The number of halogens is 3. The van der Waals surface area contributed by atoms with E-state index in [1.165, 1.54) is 24.3 Å². The smallest absolute Gasteiger partial charge is 0.125 e. The van der Waals surface area contributed by atoms with Crippen LogP contribution in [0.25, 0.3) is 11.1 Å². The molecule has 0 amide bonds. The maximum Gasteiger partial charge on any atom is 0.125 e. The van der Waals surface area contributed by atoms with Crippen molar-refractivity contribution >= 4 is 52.6 Å². The number of carboxylic acid groups (broad SMARTS) is 3. The topological polar surface area (TPSA) is 226 Å². The fourth-order valence-electron chi connectivity index (χ4n) is 10.2. The fourth-order valence-corrected chi connectivity index (χ4v) is 10.5. The van der Waals surface area contributed by atoms with Crippen LogP contribution in [-0.2, 0) is 33.8 Å². The monoisotopic (exact) mass is 1310 g/mol. The summed E-state index contributed by atoms with van der Waals surface area (Å²) in [7, 11) is 0. The second-order valence-corrected chi connectivity index (χ2v) is 22.7. The fraction of sp³-hybridized carbons (Fsp3) is 0.221. The zero-order valence-corrected chi connectivity index (χ0v) is 53.7. The molecule has 0 fully saturated rings. The van der Waals surface area contributed by atoms with Gasteiger partial charge in [0.05, 0.1) is 32.3 Å². The third kappa shape index (κ3) is 25.6. The van der Waals surface area contributed by atoms with Gasteiger partial charge in [0.1, 0.15) is 46.3 Å². The molecule has 3 N–H and O–H groups in total. The number of pyridine rings is 3. The summed E-state index contributed by atoms with van der Waals surface area (Å²) in [4.78, 5) is 48.0. The van der Waals surface area contributed by atoms with Crippen LogP contribution in [0.15, 0.2) is 243 Å². The highest BCUT2D eigenvalue weighted by Crippen LogP contribution is 2.34. The van der Waals surface area contributed by atoms with E-state index in [1.807, 2.05) is 176 Å². The van der Waals surface area contributed by atoms with E-state index in [0.29, 0.717) is 49.9 Å². The molecule has 10 aromatic rings. The van der Waals surface area contributed by atoms with Crippen LogP contribution in [0.1, 0.15) is 71.8 Å². The van der Waals surface area contributed by atoms with Gasteiger partial charge in [0.15, 0.2) is 0 Å². The van der Waals surface area contributed by atoms with Gasteiger partial charge in [-0.05, 0) is 205 Å². The largest absolute Gasteiger partial charge is 0.550 e. The molecular formula is C77H75ClF2N7O9-3. The lowest BCUT2D eigenvalue weighted by atomic mass is 9.88. The van der Waals surface area contributed by atoms with E-state index in [9.17, 15) is 38.5 Å². The Morgan fingerprint density at radius 3 is 1.24 bits per heavy atom. The molecule has 19 heteroatoms. The number of hydrogen-bond acceptors (Lipinski definition) is 16. The number of ether oxygens (including phenoxy) is 3. The molecule has 0 saturated carbocycles. The molecule has 496 valence electrons. The summed E-state index contributed by atoms with van der Waals surface area (Å²) in [6.07, 6.45) is 8.61. The Kier molecular flexibility index (Phi) is 28.8. The predicted octanol–water partition coefficient (Wildman–Crippen LogP) is 12.2. The average molecular weight is 1320 g/mol. The van der Waals surface area contributed by atoms with Crippen LogP contribution in [0, 0.1) is 11.6 Å². The minimum atomic E-state index is -1.20. The highest BCUT2D eigenvalue weighted by Gasteiger charge is 2.17. The molecule has 0 bridgehead atoms. The summed E-state index contributed by atoms with van der Waals surface area (Å²) in [6.45, 7) is 4.07. The number of benzene rings is 7. The van der Waals surface area contributed by atoms with Crippen LogP contribution in [0.2, 0.25) is 5.02 Å². The first-order chi connectivity index (χ1) is 46.8. The Labute approximate surface area is 563 Å². The number of nitrogens with zero attached hydrogens (tertiary/aromatic N) is 4.